The van der Waals surface area contributed by atoms with Gasteiger partial charge in [-0.25, -0.2) is 33.4 Å². The lowest BCUT2D eigenvalue weighted by molar-refractivity contribution is -0.145. The summed E-state index contributed by atoms with van der Waals surface area (Å²) in [5, 5.41) is 31.7. The first-order valence-corrected chi connectivity index (χ1v) is 25.0. The first kappa shape index (κ1) is 55.6. The summed E-state index contributed by atoms with van der Waals surface area (Å²) in [6, 6.07) is -0.766. The summed E-state index contributed by atoms with van der Waals surface area (Å²) in [7, 11) is -15.2. The lowest BCUT2D eigenvalue weighted by Gasteiger charge is -2.30. The van der Waals surface area contributed by atoms with Gasteiger partial charge in [-0.2, -0.15) is 16.1 Å². The van der Waals surface area contributed by atoms with Crippen LogP contribution in [0.3, 0.4) is 0 Å². The summed E-state index contributed by atoms with van der Waals surface area (Å²) in [4.78, 5) is 111. The second-order valence-electron chi connectivity index (χ2n) is 14.7. The molecule has 0 saturated carbocycles. The lowest BCUT2D eigenvalue weighted by atomic mass is 9.87. The monoisotopic (exact) mass is 1010 g/mol. The highest BCUT2D eigenvalue weighted by atomic mass is 32.2. The number of rotatable bonds is 28. The molecular weight excluding hydrogens is 955 g/mol. The van der Waals surface area contributed by atoms with E-state index in [9.17, 15) is 67.5 Å². The minimum Gasteiger partial charge on any atom is -0.467 e. The molecule has 3 heterocycles. The summed E-state index contributed by atoms with van der Waals surface area (Å²) in [6.45, 7) is 2.03. The molecule has 0 aliphatic carbocycles. The maximum absolute atomic E-state index is 12.7. The Morgan fingerprint density at radius 1 is 0.969 bits per heavy atom. The number of nitrogen functional groups attached to an aromatic ring is 1. The quantitative estimate of drug-likeness (QED) is 0.0252. The van der Waals surface area contributed by atoms with Gasteiger partial charge in [-0.05, 0) is 19.3 Å². The van der Waals surface area contributed by atoms with E-state index in [4.69, 9.17) is 19.5 Å². The zero-order chi connectivity index (χ0) is 48.8. The van der Waals surface area contributed by atoms with E-state index in [1.165, 1.54) is 39.6 Å². The average Bonchev–Trinajstić information content (AvgIpc) is 3.77. The van der Waals surface area contributed by atoms with Crippen LogP contribution in [0, 0.1) is 5.41 Å². The van der Waals surface area contributed by atoms with E-state index in [0.29, 0.717) is 31.6 Å². The Kier molecular flexibility index (Phi) is 21.3. The van der Waals surface area contributed by atoms with Crippen molar-refractivity contribution in [2.75, 3.05) is 57.2 Å². The predicted molar refractivity (Wildman–Crippen MR) is 223 cm³/mol. The molecule has 4 amide bonds. The second-order valence-corrected chi connectivity index (χ2v) is 20.1. The number of carbonyl (C=O) groups excluding carboxylic acids is 5. The molecule has 12 N–H and O–H groups in total. The molecule has 3 rings (SSSR count). The maximum Gasteiger partial charge on any atom is 0.481 e. The zero-order valence-electron chi connectivity index (χ0n) is 35.4. The Morgan fingerprint density at radius 2 is 1.65 bits per heavy atom. The van der Waals surface area contributed by atoms with Gasteiger partial charge in [-0.15, -0.1) is 0 Å². The number of aliphatic hydroxyl groups is 2. The zero-order valence-corrected chi connectivity index (χ0v) is 38.9. The van der Waals surface area contributed by atoms with Crippen LogP contribution in [-0.2, 0) is 65.0 Å². The number of ether oxygens (including phenoxy) is 2. The Morgan fingerprint density at radius 3 is 2.31 bits per heavy atom. The van der Waals surface area contributed by atoms with Gasteiger partial charge in [0.2, 0.25) is 23.6 Å². The van der Waals surface area contributed by atoms with E-state index in [0.717, 1.165) is 17.2 Å². The smallest absolute Gasteiger partial charge is 0.467 e. The van der Waals surface area contributed by atoms with E-state index >= 15 is 0 Å². The number of aromatic nitrogens is 4. The molecule has 2 unspecified atom stereocenters. The van der Waals surface area contributed by atoms with Gasteiger partial charge in [0.05, 0.1) is 32.4 Å². The third-order valence-corrected chi connectivity index (χ3v) is 13.0. The normalized spacial score (nSPS) is 20.5. The number of nitrogens with one attached hydrogen (secondary N) is 4. The van der Waals surface area contributed by atoms with Gasteiger partial charge in [0.1, 0.15) is 42.3 Å². The van der Waals surface area contributed by atoms with Gasteiger partial charge < -0.3 is 66.3 Å². The lowest BCUT2D eigenvalue weighted by Crippen LogP contribution is -2.46. The van der Waals surface area contributed by atoms with Gasteiger partial charge >= 0.3 is 29.4 Å². The number of methoxy groups -OCH3 is 1. The summed E-state index contributed by atoms with van der Waals surface area (Å²) in [6.07, 6.45) is -5.60. The standard InChI is InChI=1S/C32H54N9O20P3S/c1-18(42)40-19(31(48)56-4)7-5-6-9-34-22(44)14-65-12-11-35-21(43)8-10-36-29(47)26(46)32(2,3)15-58-64(54,55)61-63(52,53)57-13-20-25(60-62(49,50)51)24(45)30(59-20)41-17-39-23-27(33)37-16-38-28(23)41/h16-17,19-20,24-26,30,45-46H,5-15H2,1-4H3,(H,34,44)(H,35,43)(H,36,47)(H,40,42)(H,52,53)(H,54,55)(H2,33,37,38)(H2,49,50,51)/t19-,20+,24+,25+,26-,30+/m0/s1. The second kappa shape index (κ2) is 24.9. The molecule has 29 nitrogen and oxygen atoms in total. The van der Waals surface area contributed by atoms with Crippen LogP contribution in [0.4, 0.5) is 5.82 Å². The van der Waals surface area contributed by atoms with Crippen LogP contribution in [-0.4, -0.2) is 161 Å². The van der Waals surface area contributed by atoms with Crippen LogP contribution in [0.2, 0.25) is 0 Å². The number of hydrogen-bond acceptors (Lipinski definition) is 21. The highest BCUT2D eigenvalue weighted by Gasteiger charge is 2.50. The third-order valence-electron chi connectivity index (χ3n) is 8.98. The van der Waals surface area contributed by atoms with Crippen molar-refractivity contribution in [3.8, 4) is 0 Å². The molecule has 0 aromatic carbocycles. The van der Waals surface area contributed by atoms with Crippen molar-refractivity contribution < 1.29 is 94.8 Å². The molecule has 0 bridgehead atoms. The van der Waals surface area contributed by atoms with Crippen LogP contribution in [0.15, 0.2) is 12.7 Å². The number of imidazole rings is 1. The molecule has 1 saturated heterocycles. The number of hydrogen-bond donors (Lipinski definition) is 11. The van der Waals surface area contributed by atoms with Gasteiger partial charge in [-0.1, -0.05) is 13.8 Å². The largest absolute Gasteiger partial charge is 0.481 e. The fraction of sp³-hybridized carbons (Fsp3) is 0.688. The Bertz CT molecular complexity index is 2110. The number of phosphoric ester groups is 3. The Labute approximate surface area is 375 Å². The first-order chi connectivity index (χ1) is 30.3. The van der Waals surface area contributed by atoms with Gasteiger partial charge in [0.15, 0.2) is 17.7 Å². The number of fused-ring (bicyclic) bond motifs is 1. The molecule has 65 heavy (non-hydrogen) atoms. The average molecular weight is 1010 g/mol. The van der Waals surface area contributed by atoms with Crippen molar-refractivity contribution in [3.63, 3.8) is 0 Å². The SMILES string of the molecule is COC(=O)[C@H](CCCCNC(=O)CSCCNC(=O)CCNC(=O)[C@H](O)C(C)(C)COP(=O)(O)OP(=O)(O)OC[C@H]1O[C@@H](n2cnc3c(N)ncnc32)[C@H](O)[C@@H]1OP(=O)(O)O)NC(C)=O. The van der Waals surface area contributed by atoms with E-state index in [1.54, 1.807) is 0 Å². The highest BCUT2D eigenvalue weighted by Crippen LogP contribution is 2.61. The van der Waals surface area contributed by atoms with Crippen LogP contribution in [0.25, 0.3) is 11.2 Å². The molecule has 8 atom stereocenters. The third kappa shape index (κ3) is 18.5. The van der Waals surface area contributed by atoms with Crippen LogP contribution < -0.4 is 27.0 Å². The van der Waals surface area contributed by atoms with Crippen molar-refractivity contribution in [3.05, 3.63) is 12.7 Å². The minimum atomic E-state index is -5.60. The molecule has 368 valence electrons. The van der Waals surface area contributed by atoms with Crippen molar-refractivity contribution >= 4 is 81.8 Å². The van der Waals surface area contributed by atoms with Crippen molar-refractivity contribution in [2.45, 2.75) is 83.1 Å². The molecule has 1 aliphatic heterocycles. The summed E-state index contributed by atoms with van der Waals surface area (Å²) in [5.74, 6) is -2.16. The number of carbonyl (C=O) groups is 5. The minimum absolute atomic E-state index is 0.0198. The maximum atomic E-state index is 12.7. The molecule has 2 aromatic heterocycles. The number of anilines is 1. The molecule has 0 spiro atoms. The van der Waals surface area contributed by atoms with Crippen LogP contribution in [0.1, 0.15) is 52.7 Å². The van der Waals surface area contributed by atoms with Crippen molar-refractivity contribution in [2.24, 2.45) is 5.41 Å². The van der Waals surface area contributed by atoms with Gasteiger partial charge in [0, 0.05) is 44.1 Å². The molecular formula is C32H54N9O20P3S. The number of thioether (sulfide) groups is 1. The van der Waals surface area contributed by atoms with E-state index in [-0.39, 0.29) is 54.1 Å². The molecule has 1 aliphatic rings. The van der Waals surface area contributed by atoms with Gasteiger partial charge in [-0.3, -0.25) is 37.3 Å². The summed E-state index contributed by atoms with van der Waals surface area (Å²) < 4.78 is 66.9. The number of phosphoric acid groups is 3. The number of nitrogens with two attached hydrogens (primary N) is 1. The highest BCUT2D eigenvalue weighted by molar-refractivity contribution is 7.99. The fourth-order valence-corrected chi connectivity index (χ4v) is 9.26. The fourth-order valence-electron chi connectivity index (χ4n) is 5.76. The van der Waals surface area contributed by atoms with E-state index in [1.807, 2.05) is 0 Å². The van der Waals surface area contributed by atoms with E-state index < -0.39 is 96.6 Å². The van der Waals surface area contributed by atoms with Crippen molar-refractivity contribution in [1.82, 2.24) is 40.8 Å². The summed E-state index contributed by atoms with van der Waals surface area (Å²) in [5.41, 5.74) is 4.22. The Balaban J connectivity index is 1.36. The first-order valence-electron chi connectivity index (χ1n) is 19.3. The van der Waals surface area contributed by atoms with Crippen LogP contribution in [0.5, 0.6) is 0 Å². The van der Waals surface area contributed by atoms with Gasteiger partial charge in [0.25, 0.3) is 0 Å². The number of nitrogens with zero attached hydrogens (tertiary/aromatic N) is 4. The number of aliphatic hydroxyl groups excluding tert-OH is 2. The van der Waals surface area contributed by atoms with Crippen LogP contribution >= 0.6 is 35.2 Å². The number of amides is 4. The molecule has 33 heteroatoms. The molecule has 0 radical (unpaired) electrons. The summed E-state index contributed by atoms with van der Waals surface area (Å²) >= 11 is 1.26. The predicted octanol–water partition coefficient (Wildman–Crippen LogP) is -1.90. The Hall–Kier alpha value is -3.70. The molecule has 2 aromatic rings. The topological polar surface area (TPSA) is 431 Å². The van der Waals surface area contributed by atoms with Crippen molar-refractivity contribution in [1.29, 1.82) is 0 Å². The number of unbranched alkanes of at least 4 members (excludes halogenated alkanes) is 1. The molecule has 1 fully saturated rings. The number of esters is 1. The van der Waals surface area contributed by atoms with E-state index in [2.05, 4.69) is 49.8 Å².